The maximum Gasteiger partial charge on any atom is 0.224 e. The molecule has 3 N–H and O–H groups in total. The molecule has 0 fully saturated rings. The van der Waals surface area contributed by atoms with Crippen molar-refractivity contribution in [3.8, 4) is 0 Å². The molecule has 0 bridgehead atoms. The van der Waals surface area contributed by atoms with Crippen molar-refractivity contribution in [2.45, 2.75) is 32.4 Å². The molecule has 1 atom stereocenters. The molecule has 1 unspecified atom stereocenters. The lowest BCUT2D eigenvalue weighted by atomic mass is 9.99. The fourth-order valence-electron chi connectivity index (χ4n) is 0.985. The summed E-state index contributed by atoms with van der Waals surface area (Å²) in [6.45, 7) is 5.45. The zero-order chi connectivity index (χ0) is 12.3. The van der Waals surface area contributed by atoms with Gasteiger partial charge in [0.05, 0.1) is 17.8 Å². The number of rotatable bonds is 4. The molecule has 0 radical (unpaired) electrons. The van der Waals surface area contributed by atoms with Crippen LogP contribution in [-0.2, 0) is 0 Å². The Morgan fingerprint density at radius 1 is 1.50 bits per heavy atom. The van der Waals surface area contributed by atoms with E-state index in [9.17, 15) is 5.11 Å². The van der Waals surface area contributed by atoms with E-state index in [0.717, 1.165) is 0 Å². The van der Waals surface area contributed by atoms with E-state index in [-0.39, 0.29) is 0 Å². The van der Waals surface area contributed by atoms with Gasteiger partial charge in [-0.15, -0.1) is 0 Å². The summed E-state index contributed by atoms with van der Waals surface area (Å²) in [6.07, 6.45) is 0.984. The molecule has 1 rings (SSSR count). The molecule has 0 aliphatic heterocycles. The fourth-order valence-corrected chi connectivity index (χ4v) is 1.12. The first-order chi connectivity index (χ1) is 7.36. The van der Waals surface area contributed by atoms with E-state index < -0.39 is 11.6 Å². The summed E-state index contributed by atoms with van der Waals surface area (Å²) in [4.78, 5) is 8.16. The number of halogens is 1. The van der Waals surface area contributed by atoms with Crippen LogP contribution in [0.3, 0.4) is 0 Å². The van der Waals surface area contributed by atoms with Gasteiger partial charge in [0.2, 0.25) is 5.95 Å². The van der Waals surface area contributed by atoms with E-state index in [1.165, 1.54) is 6.20 Å². The Morgan fingerprint density at radius 3 is 2.62 bits per heavy atom. The second kappa shape index (κ2) is 4.84. The lowest BCUT2D eigenvalue weighted by Crippen LogP contribution is -2.42. The number of anilines is 2. The van der Waals surface area contributed by atoms with E-state index in [1.54, 1.807) is 14.0 Å². The van der Waals surface area contributed by atoms with E-state index in [2.05, 4.69) is 20.6 Å². The van der Waals surface area contributed by atoms with Gasteiger partial charge in [-0.05, 0) is 20.8 Å². The normalized spacial score (nSPS) is 13.4. The van der Waals surface area contributed by atoms with Gasteiger partial charge in [0.1, 0.15) is 5.02 Å². The maximum absolute atomic E-state index is 9.59. The van der Waals surface area contributed by atoms with E-state index in [1.807, 2.05) is 13.8 Å². The molecule has 0 aliphatic rings. The van der Waals surface area contributed by atoms with Gasteiger partial charge in [0, 0.05) is 7.05 Å². The summed E-state index contributed by atoms with van der Waals surface area (Å²) in [5, 5.41) is 15.9. The number of aliphatic hydroxyl groups is 1. The second-order valence-electron chi connectivity index (χ2n) is 4.16. The van der Waals surface area contributed by atoms with Gasteiger partial charge < -0.3 is 15.7 Å². The fraction of sp³-hybridized carbons (Fsp3) is 0.600. The molecular weight excluding hydrogens is 228 g/mol. The van der Waals surface area contributed by atoms with Crippen molar-refractivity contribution in [2.24, 2.45) is 0 Å². The van der Waals surface area contributed by atoms with Crippen molar-refractivity contribution >= 4 is 23.4 Å². The molecule has 90 valence electrons. The van der Waals surface area contributed by atoms with Gasteiger partial charge in [0.25, 0.3) is 0 Å². The molecule has 16 heavy (non-hydrogen) atoms. The van der Waals surface area contributed by atoms with Gasteiger partial charge in [-0.25, -0.2) is 4.98 Å². The van der Waals surface area contributed by atoms with Crippen LogP contribution in [0.5, 0.6) is 0 Å². The van der Waals surface area contributed by atoms with Crippen molar-refractivity contribution in [1.29, 1.82) is 0 Å². The van der Waals surface area contributed by atoms with Crippen LogP contribution < -0.4 is 10.6 Å². The third-order valence-electron chi connectivity index (χ3n) is 2.45. The average Bonchev–Trinajstić information content (AvgIpc) is 2.21. The monoisotopic (exact) mass is 244 g/mol. The number of hydrogen-bond donors (Lipinski definition) is 3. The van der Waals surface area contributed by atoms with Crippen molar-refractivity contribution < 1.29 is 5.11 Å². The molecule has 0 spiro atoms. The van der Waals surface area contributed by atoms with Crippen LogP contribution in [0.1, 0.15) is 20.8 Å². The first kappa shape index (κ1) is 13.0. The summed E-state index contributed by atoms with van der Waals surface area (Å²) in [5.74, 6) is 0.986. The molecule has 1 aromatic rings. The summed E-state index contributed by atoms with van der Waals surface area (Å²) < 4.78 is 0. The molecule has 0 aliphatic carbocycles. The third-order valence-corrected chi connectivity index (χ3v) is 2.73. The minimum atomic E-state index is -0.531. The van der Waals surface area contributed by atoms with Crippen LogP contribution in [0.4, 0.5) is 11.8 Å². The van der Waals surface area contributed by atoms with Crippen molar-refractivity contribution in [2.75, 3.05) is 17.7 Å². The summed E-state index contributed by atoms with van der Waals surface area (Å²) in [7, 11) is 1.73. The molecule has 5 nitrogen and oxygen atoms in total. The number of nitrogens with zero attached hydrogens (tertiary/aromatic N) is 2. The number of hydrogen-bond acceptors (Lipinski definition) is 5. The highest BCUT2D eigenvalue weighted by Crippen LogP contribution is 2.24. The van der Waals surface area contributed by atoms with Gasteiger partial charge in [-0.2, -0.15) is 4.98 Å². The highest BCUT2D eigenvalue weighted by molar-refractivity contribution is 6.32. The Bertz CT molecular complexity index is 368. The Balaban J connectivity index is 2.96. The molecule has 1 heterocycles. The quantitative estimate of drug-likeness (QED) is 0.753. The number of aliphatic hydroxyl groups excluding tert-OH is 1. The zero-order valence-corrected chi connectivity index (χ0v) is 10.6. The Labute approximate surface area is 100 Å². The summed E-state index contributed by atoms with van der Waals surface area (Å²) in [6, 6.07) is 0. The standard InChI is InChI=1S/C10H17ClN4O/c1-6(16)10(2,3)15-8-7(11)5-13-9(12-4)14-8/h5-6,16H,1-4H3,(H2,12,13,14,15). The highest BCUT2D eigenvalue weighted by atomic mass is 35.5. The maximum atomic E-state index is 9.59. The molecule has 0 amide bonds. The predicted molar refractivity (Wildman–Crippen MR) is 66.0 cm³/mol. The lowest BCUT2D eigenvalue weighted by Gasteiger charge is -2.30. The van der Waals surface area contributed by atoms with E-state index in [0.29, 0.717) is 16.8 Å². The first-order valence-corrected chi connectivity index (χ1v) is 5.41. The Hall–Kier alpha value is -1.07. The topological polar surface area (TPSA) is 70.1 Å². The minimum absolute atomic E-state index is 0.424. The van der Waals surface area contributed by atoms with Gasteiger partial charge in [-0.3, -0.25) is 0 Å². The smallest absolute Gasteiger partial charge is 0.224 e. The minimum Gasteiger partial charge on any atom is -0.391 e. The van der Waals surface area contributed by atoms with Crippen molar-refractivity contribution in [3.05, 3.63) is 11.2 Å². The predicted octanol–water partition coefficient (Wildman–Crippen LogP) is 1.74. The van der Waals surface area contributed by atoms with Gasteiger partial charge in [-0.1, -0.05) is 11.6 Å². The van der Waals surface area contributed by atoms with Crippen LogP contribution in [-0.4, -0.2) is 33.8 Å². The summed E-state index contributed by atoms with van der Waals surface area (Å²) in [5.41, 5.74) is -0.511. The van der Waals surface area contributed by atoms with Crippen LogP contribution >= 0.6 is 11.6 Å². The lowest BCUT2D eigenvalue weighted by molar-refractivity contribution is 0.133. The molecular formula is C10H17ClN4O. The van der Waals surface area contributed by atoms with Gasteiger partial charge in [0.15, 0.2) is 5.82 Å². The van der Waals surface area contributed by atoms with Gasteiger partial charge >= 0.3 is 0 Å². The Kier molecular flexibility index (Phi) is 3.93. The van der Waals surface area contributed by atoms with Crippen LogP contribution in [0, 0.1) is 0 Å². The summed E-state index contributed by atoms with van der Waals surface area (Å²) >= 11 is 5.97. The first-order valence-electron chi connectivity index (χ1n) is 5.03. The average molecular weight is 245 g/mol. The third kappa shape index (κ3) is 2.96. The SMILES string of the molecule is CNc1ncc(Cl)c(NC(C)(C)C(C)O)n1. The van der Waals surface area contributed by atoms with Crippen LogP contribution in [0.2, 0.25) is 5.02 Å². The highest BCUT2D eigenvalue weighted by Gasteiger charge is 2.25. The van der Waals surface area contributed by atoms with Crippen molar-refractivity contribution in [3.63, 3.8) is 0 Å². The number of nitrogens with one attached hydrogen (secondary N) is 2. The van der Waals surface area contributed by atoms with E-state index in [4.69, 9.17) is 11.6 Å². The van der Waals surface area contributed by atoms with E-state index >= 15 is 0 Å². The number of aromatic nitrogens is 2. The molecule has 6 heteroatoms. The molecule has 1 aromatic heterocycles. The van der Waals surface area contributed by atoms with Crippen LogP contribution in [0.15, 0.2) is 6.20 Å². The molecule has 0 saturated heterocycles. The Morgan fingerprint density at radius 2 is 2.12 bits per heavy atom. The molecule has 0 aromatic carbocycles. The second-order valence-corrected chi connectivity index (χ2v) is 4.57. The van der Waals surface area contributed by atoms with Crippen LogP contribution in [0.25, 0.3) is 0 Å². The molecule has 0 saturated carbocycles. The van der Waals surface area contributed by atoms with Crippen molar-refractivity contribution in [1.82, 2.24) is 9.97 Å². The zero-order valence-electron chi connectivity index (χ0n) is 9.87. The largest absolute Gasteiger partial charge is 0.391 e.